The molecule has 70 valence electrons. The molecule has 0 unspecified atom stereocenters. The van der Waals surface area contributed by atoms with Crippen molar-refractivity contribution < 1.29 is 8.78 Å². The molecule has 4 nitrogen and oxygen atoms in total. The molecular weight excluding hydrogens is 178 g/mol. The van der Waals surface area contributed by atoms with E-state index in [2.05, 4.69) is 4.99 Å². The van der Waals surface area contributed by atoms with Crippen molar-refractivity contribution in [3.63, 3.8) is 0 Å². The van der Waals surface area contributed by atoms with Crippen molar-refractivity contribution in [1.29, 1.82) is 0 Å². The third-order valence-electron chi connectivity index (χ3n) is 1.32. The first-order chi connectivity index (χ1) is 6.15. The van der Waals surface area contributed by atoms with Gasteiger partial charge in [-0.3, -0.25) is 5.43 Å². The lowest BCUT2D eigenvalue weighted by molar-refractivity contribution is 0.510. The van der Waals surface area contributed by atoms with Gasteiger partial charge in [0.05, 0.1) is 0 Å². The smallest absolute Gasteiger partial charge is 0.208 e. The number of hydrogen-bond acceptors (Lipinski definition) is 2. The average Bonchev–Trinajstić information content (AvgIpc) is 2.13. The number of benzene rings is 1. The van der Waals surface area contributed by atoms with Gasteiger partial charge in [-0.05, 0) is 12.1 Å². The summed E-state index contributed by atoms with van der Waals surface area (Å²) in [7, 11) is 0. The molecule has 1 rings (SSSR count). The molecule has 0 fully saturated rings. The van der Waals surface area contributed by atoms with Crippen molar-refractivity contribution in [2.45, 2.75) is 0 Å². The number of hydrazine groups is 1. The zero-order valence-corrected chi connectivity index (χ0v) is 6.59. The third kappa shape index (κ3) is 2.12. The van der Waals surface area contributed by atoms with Gasteiger partial charge in [-0.15, -0.1) is 0 Å². The topological polar surface area (TPSA) is 76.4 Å². The fourth-order valence-electron chi connectivity index (χ4n) is 0.741. The minimum atomic E-state index is -1.05. The molecule has 5 N–H and O–H groups in total. The summed E-state index contributed by atoms with van der Waals surface area (Å²) in [6, 6.07) is 3.59. The molecule has 0 amide bonds. The Kier molecular flexibility index (Phi) is 2.76. The van der Waals surface area contributed by atoms with E-state index in [1.807, 2.05) is 5.43 Å². The first-order valence-electron chi connectivity index (χ1n) is 3.40. The van der Waals surface area contributed by atoms with Crippen LogP contribution in [0.2, 0.25) is 0 Å². The zero-order valence-electron chi connectivity index (χ0n) is 6.59. The molecule has 0 heterocycles. The van der Waals surface area contributed by atoms with Crippen LogP contribution >= 0.6 is 0 Å². The maximum atomic E-state index is 12.9. The highest BCUT2D eigenvalue weighted by Gasteiger charge is 2.06. The highest BCUT2D eigenvalue weighted by molar-refractivity contribution is 5.80. The van der Waals surface area contributed by atoms with E-state index in [4.69, 9.17) is 11.6 Å². The van der Waals surface area contributed by atoms with Crippen LogP contribution in [-0.2, 0) is 0 Å². The van der Waals surface area contributed by atoms with Gasteiger partial charge >= 0.3 is 0 Å². The molecule has 6 heteroatoms. The van der Waals surface area contributed by atoms with Crippen LogP contribution < -0.4 is 17.0 Å². The van der Waals surface area contributed by atoms with Crippen molar-refractivity contribution in [2.24, 2.45) is 16.6 Å². The molecule has 0 spiro atoms. The Morgan fingerprint density at radius 3 is 2.69 bits per heavy atom. The van der Waals surface area contributed by atoms with Crippen LogP contribution in [-0.4, -0.2) is 5.96 Å². The molecule has 0 bridgehead atoms. The minimum absolute atomic E-state index is 0.190. The molecule has 0 atom stereocenters. The van der Waals surface area contributed by atoms with Crippen molar-refractivity contribution in [3.8, 4) is 0 Å². The van der Waals surface area contributed by atoms with Crippen molar-refractivity contribution in [2.75, 3.05) is 0 Å². The summed E-state index contributed by atoms with van der Waals surface area (Å²) < 4.78 is 25.5. The Hall–Kier alpha value is -1.69. The number of hydrogen-bond donors (Lipinski definition) is 3. The Bertz CT molecular complexity index is 337. The average molecular weight is 186 g/mol. The minimum Gasteiger partial charge on any atom is -0.369 e. The van der Waals surface area contributed by atoms with Crippen LogP contribution in [0.3, 0.4) is 0 Å². The Morgan fingerprint density at radius 2 is 2.08 bits per heavy atom. The molecule has 0 radical (unpaired) electrons. The molecule has 13 heavy (non-hydrogen) atoms. The lowest BCUT2D eigenvalue weighted by Crippen LogP contribution is -2.36. The molecule has 0 saturated carbocycles. The number of halogens is 2. The summed E-state index contributed by atoms with van der Waals surface area (Å²) in [5, 5.41) is 0. The maximum Gasteiger partial charge on any atom is 0.208 e. The summed E-state index contributed by atoms with van der Waals surface area (Å²) in [4.78, 5) is 3.48. The standard InChI is InChI=1S/C7H8F2N4/c8-4-2-1-3-5(6(4)9)12-7(10)13-11/h1-3H,11H2,(H3,10,12,13). The second kappa shape index (κ2) is 3.81. The van der Waals surface area contributed by atoms with Gasteiger partial charge in [0, 0.05) is 0 Å². The van der Waals surface area contributed by atoms with Gasteiger partial charge in [-0.1, -0.05) is 6.07 Å². The molecule has 0 aliphatic heterocycles. The zero-order chi connectivity index (χ0) is 9.84. The molecule has 0 aliphatic carbocycles. The second-order valence-corrected chi connectivity index (χ2v) is 2.21. The van der Waals surface area contributed by atoms with Gasteiger partial charge in [0.25, 0.3) is 0 Å². The Morgan fingerprint density at radius 1 is 1.38 bits per heavy atom. The molecule has 1 aromatic rings. The summed E-state index contributed by atoms with van der Waals surface area (Å²) in [5.41, 5.74) is 6.95. The Labute approximate surface area is 73.2 Å². The first kappa shape index (κ1) is 9.40. The number of guanidine groups is 1. The second-order valence-electron chi connectivity index (χ2n) is 2.21. The van der Waals surface area contributed by atoms with Crippen molar-refractivity contribution >= 4 is 11.6 Å². The van der Waals surface area contributed by atoms with Gasteiger partial charge in [0.15, 0.2) is 11.6 Å². The van der Waals surface area contributed by atoms with Crippen LogP contribution in [0.1, 0.15) is 0 Å². The van der Waals surface area contributed by atoms with Crippen LogP contribution in [0, 0.1) is 11.6 Å². The fraction of sp³-hybridized carbons (Fsp3) is 0. The van der Waals surface area contributed by atoms with Gasteiger partial charge < -0.3 is 5.73 Å². The number of aliphatic imine (C=N–C) groups is 1. The number of nitrogens with one attached hydrogen (secondary N) is 1. The maximum absolute atomic E-state index is 12.9. The van der Waals surface area contributed by atoms with Crippen LogP contribution in [0.25, 0.3) is 0 Å². The van der Waals surface area contributed by atoms with E-state index >= 15 is 0 Å². The quantitative estimate of drug-likeness (QED) is 0.257. The van der Waals surface area contributed by atoms with E-state index in [1.165, 1.54) is 12.1 Å². The lowest BCUT2D eigenvalue weighted by atomic mass is 10.3. The Balaban J connectivity index is 3.09. The van der Waals surface area contributed by atoms with Gasteiger partial charge in [0.2, 0.25) is 5.96 Å². The summed E-state index contributed by atoms with van der Waals surface area (Å²) in [6.45, 7) is 0. The predicted molar refractivity (Wildman–Crippen MR) is 45.0 cm³/mol. The molecule has 0 aromatic heterocycles. The molecular formula is C7H8F2N4. The SMILES string of the molecule is NNC(N)=Nc1cccc(F)c1F. The van der Waals surface area contributed by atoms with Crippen molar-refractivity contribution in [3.05, 3.63) is 29.8 Å². The van der Waals surface area contributed by atoms with Crippen LogP contribution in [0.5, 0.6) is 0 Å². The lowest BCUT2D eigenvalue weighted by Gasteiger charge is -2.00. The van der Waals surface area contributed by atoms with E-state index in [0.717, 1.165) is 6.07 Å². The van der Waals surface area contributed by atoms with E-state index in [9.17, 15) is 8.78 Å². The van der Waals surface area contributed by atoms with Crippen LogP contribution in [0.4, 0.5) is 14.5 Å². The largest absolute Gasteiger partial charge is 0.369 e. The molecule has 0 saturated heterocycles. The number of nitrogens with zero attached hydrogens (tertiary/aromatic N) is 1. The van der Waals surface area contributed by atoms with E-state index in [0.29, 0.717) is 0 Å². The normalized spacial score (nSPS) is 11.5. The summed E-state index contributed by atoms with van der Waals surface area (Å²) in [6.07, 6.45) is 0. The monoisotopic (exact) mass is 186 g/mol. The van der Waals surface area contributed by atoms with Crippen molar-refractivity contribution in [1.82, 2.24) is 5.43 Å². The van der Waals surface area contributed by atoms with Gasteiger partial charge in [-0.2, -0.15) is 0 Å². The highest BCUT2D eigenvalue weighted by atomic mass is 19.2. The van der Waals surface area contributed by atoms with Gasteiger partial charge in [0.1, 0.15) is 5.69 Å². The highest BCUT2D eigenvalue weighted by Crippen LogP contribution is 2.19. The van der Waals surface area contributed by atoms with Gasteiger partial charge in [-0.25, -0.2) is 19.6 Å². The van der Waals surface area contributed by atoms with Crippen LogP contribution in [0.15, 0.2) is 23.2 Å². The molecule has 0 aliphatic rings. The first-order valence-corrected chi connectivity index (χ1v) is 3.40. The summed E-state index contributed by atoms with van der Waals surface area (Å²) in [5.74, 6) is 2.66. The molecule has 1 aromatic carbocycles. The van der Waals surface area contributed by atoms with E-state index in [-0.39, 0.29) is 11.6 Å². The number of rotatable bonds is 1. The fourth-order valence-corrected chi connectivity index (χ4v) is 0.741. The van der Waals surface area contributed by atoms with E-state index in [1.54, 1.807) is 0 Å². The third-order valence-corrected chi connectivity index (χ3v) is 1.32. The van der Waals surface area contributed by atoms with E-state index < -0.39 is 11.6 Å². The predicted octanol–water partition coefficient (Wildman–Crippen LogP) is 0.374. The summed E-state index contributed by atoms with van der Waals surface area (Å²) >= 11 is 0. The number of nitrogens with two attached hydrogens (primary N) is 2.